The Balaban J connectivity index is 2.88. The van der Waals surface area contributed by atoms with Crippen LogP contribution in [0.4, 0.5) is 5.69 Å². The molecule has 0 bridgehead atoms. The first-order valence-electron chi connectivity index (χ1n) is 5.00. The number of hydrogen-bond donors (Lipinski definition) is 3. The normalized spacial score (nSPS) is 10.5. The molecule has 0 aromatic heterocycles. The highest BCUT2D eigenvalue weighted by atomic mass is 35.5. The first kappa shape index (κ1) is 14.0. The van der Waals surface area contributed by atoms with Crippen molar-refractivity contribution in [1.29, 1.82) is 0 Å². The molecule has 3 N–H and O–H groups in total. The molecule has 7 heteroatoms. The van der Waals surface area contributed by atoms with E-state index >= 15 is 0 Å². The van der Waals surface area contributed by atoms with Crippen LogP contribution in [0, 0.1) is 0 Å². The van der Waals surface area contributed by atoms with Gasteiger partial charge in [0, 0.05) is 16.2 Å². The van der Waals surface area contributed by atoms with E-state index in [0.717, 1.165) is 0 Å². The molecule has 0 atom stereocenters. The van der Waals surface area contributed by atoms with E-state index in [1.54, 1.807) is 19.0 Å². The number of nitrogens with one attached hydrogen (secondary N) is 1. The van der Waals surface area contributed by atoms with Gasteiger partial charge in [-0.3, -0.25) is 4.79 Å². The Morgan fingerprint density at radius 2 is 2.12 bits per heavy atom. The minimum absolute atomic E-state index is 0.202. The maximum atomic E-state index is 11.5. The number of hydrogen-bond acceptors (Lipinski definition) is 4. The molecular weight excluding hydrogens is 242 g/mol. The average Bonchev–Trinajstić information content (AvgIpc) is 2.15. The third-order valence-corrected chi connectivity index (χ3v) is 2.26. The monoisotopic (exact) mass is 256 g/mol. The van der Waals surface area contributed by atoms with E-state index < -0.39 is 7.12 Å². The lowest BCUT2D eigenvalue weighted by atomic mass is 9.79. The van der Waals surface area contributed by atoms with Crippen LogP contribution in [0.5, 0.6) is 0 Å². The van der Waals surface area contributed by atoms with Gasteiger partial charge in [-0.15, -0.1) is 0 Å². The summed E-state index contributed by atoms with van der Waals surface area (Å²) in [6.07, 6.45) is 0. The SMILES string of the molecule is CN(C)CC(=O)Nc1cc(Cl)ccc1B(O)O. The van der Waals surface area contributed by atoms with Crippen LogP contribution in [0.15, 0.2) is 18.2 Å². The molecule has 0 fully saturated rings. The molecule has 0 aliphatic heterocycles. The second-order valence-corrected chi connectivity index (χ2v) is 4.33. The number of anilines is 1. The fraction of sp³-hybridized carbons (Fsp3) is 0.300. The molecule has 17 heavy (non-hydrogen) atoms. The van der Waals surface area contributed by atoms with Crippen molar-refractivity contribution in [2.75, 3.05) is 26.0 Å². The summed E-state index contributed by atoms with van der Waals surface area (Å²) in [5.41, 5.74) is 0.515. The molecule has 1 aromatic carbocycles. The van der Waals surface area contributed by atoms with Crippen molar-refractivity contribution in [1.82, 2.24) is 4.90 Å². The quantitative estimate of drug-likeness (QED) is 0.636. The van der Waals surface area contributed by atoms with Gasteiger partial charge in [-0.1, -0.05) is 17.7 Å². The number of rotatable bonds is 4. The highest BCUT2D eigenvalue weighted by Crippen LogP contribution is 2.13. The number of amides is 1. The van der Waals surface area contributed by atoms with Crippen LogP contribution in [-0.4, -0.2) is 48.6 Å². The molecule has 0 spiro atoms. The largest absolute Gasteiger partial charge is 0.490 e. The molecule has 1 amide bonds. The number of likely N-dealkylation sites (N-methyl/N-ethyl adjacent to an activating group) is 1. The molecule has 0 aliphatic rings. The van der Waals surface area contributed by atoms with E-state index in [0.29, 0.717) is 10.7 Å². The van der Waals surface area contributed by atoms with Gasteiger partial charge < -0.3 is 20.3 Å². The average molecular weight is 256 g/mol. The molecule has 92 valence electrons. The van der Waals surface area contributed by atoms with Gasteiger partial charge in [0.05, 0.1) is 6.54 Å². The Kier molecular flexibility index (Phi) is 4.95. The topological polar surface area (TPSA) is 72.8 Å². The Hall–Kier alpha value is -1.08. The van der Waals surface area contributed by atoms with E-state index in [1.807, 2.05) is 0 Å². The van der Waals surface area contributed by atoms with E-state index in [4.69, 9.17) is 21.6 Å². The van der Waals surface area contributed by atoms with Gasteiger partial charge in [-0.05, 0) is 26.2 Å². The summed E-state index contributed by atoms with van der Waals surface area (Å²) in [4.78, 5) is 13.3. The highest BCUT2D eigenvalue weighted by Gasteiger charge is 2.17. The van der Waals surface area contributed by atoms with Crippen molar-refractivity contribution in [2.24, 2.45) is 0 Å². The Bertz CT molecular complexity index is 413. The molecule has 0 saturated heterocycles. The fourth-order valence-electron chi connectivity index (χ4n) is 1.34. The Labute approximate surface area is 105 Å². The van der Waals surface area contributed by atoms with Gasteiger partial charge in [0.1, 0.15) is 0 Å². The maximum Gasteiger partial charge on any atom is 0.490 e. The summed E-state index contributed by atoms with van der Waals surface area (Å²) in [7, 11) is 1.88. The lowest BCUT2D eigenvalue weighted by Gasteiger charge is -2.13. The Morgan fingerprint density at radius 1 is 1.47 bits per heavy atom. The smallest absolute Gasteiger partial charge is 0.423 e. The molecule has 0 saturated carbocycles. The summed E-state index contributed by atoms with van der Waals surface area (Å²) < 4.78 is 0. The first-order valence-corrected chi connectivity index (χ1v) is 5.38. The zero-order valence-electron chi connectivity index (χ0n) is 9.64. The van der Waals surface area contributed by atoms with Crippen molar-refractivity contribution < 1.29 is 14.8 Å². The minimum atomic E-state index is -1.65. The zero-order chi connectivity index (χ0) is 13.0. The molecule has 5 nitrogen and oxygen atoms in total. The third-order valence-electron chi connectivity index (χ3n) is 2.03. The second-order valence-electron chi connectivity index (χ2n) is 3.89. The lowest BCUT2D eigenvalue weighted by Crippen LogP contribution is -2.35. The molecular formula is C10H14BClN2O3. The molecule has 0 heterocycles. The van der Waals surface area contributed by atoms with Crippen LogP contribution in [0.3, 0.4) is 0 Å². The Morgan fingerprint density at radius 3 is 2.65 bits per heavy atom. The van der Waals surface area contributed by atoms with Crippen LogP contribution < -0.4 is 10.8 Å². The van der Waals surface area contributed by atoms with Crippen molar-refractivity contribution in [2.45, 2.75) is 0 Å². The van der Waals surface area contributed by atoms with Gasteiger partial charge in [-0.25, -0.2) is 0 Å². The third kappa shape index (κ3) is 4.36. The van der Waals surface area contributed by atoms with Crippen LogP contribution in [-0.2, 0) is 4.79 Å². The van der Waals surface area contributed by atoms with Gasteiger partial charge in [0.15, 0.2) is 0 Å². The van der Waals surface area contributed by atoms with Crippen LogP contribution in [0.1, 0.15) is 0 Å². The maximum absolute atomic E-state index is 11.5. The van der Waals surface area contributed by atoms with Gasteiger partial charge in [0.2, 0.25) is 5.91 Å². The standard InChI is InChI=1S/C10H14BClN2O3/c1-14(2)6-10(15)13-9-5-7(12)3-4-8(9)11(16)17/h3-5,16-17H,6H2,1-2H3,(H,13,15). The van der Waals surface area contributed by atoms with Gasteiger partial charge in [0.25, 0.3) is 0 Å². The van der Waals surface area contributed by atoms with E-state index in [-0.39, 0.29) is 17.9 Å². The summed E-state index contributed by atoms with van der Waals surface area (Å²) in [5.74, 6) is -0.251. The minimum Gasteiger partial charge on any atom is -0.423 e. The number of halogens is 1. The number of nitrogens with zero attached hydrogens (tertiary/aromatic N) is 1. The van der Waals surface area contributed by atoms with Crippen molar-refractivity contribution in [3.63, 3.8) is 0 Å². The number of carbonyl (C=O) groups excluding carboxylic acids is 1. The molecule has 0 unspecified atom stereocenters. The van der Waals surface area contributed by atoms with Crippen molar-refractivity contribution in [3.05, 3.63) is 23.2 Å². The lowest BCUT2D eigenvalue weighted by molar-refractivity contribution is -0.116. The van der Waals surface area contributed by atoms with Crippen molar-refractivity contribution in [3.8, 4) is 0 Å². The molecule has 0 aliphatic carbocycles. The summed E-state index contributed by atoms with van der Waals surface area (Å²) in [6.45, 7) is 0.202. The zero-order valence-corrected chi connectivity index (χ0v) is 10.4. The van der Waals surface area contributed by atoms with Crippen LogP contribution in [0.25, 0.3) is 0 Å². The second kappa shape index (κ2) is 6.02. The van der Waals surface area contributed by atoms with Gasteiger partial charge >= 0.3 is 7.12 Å². The number of benzene rings is 1. The summed E-state index contributed by atoms with van der Waals surface area (Å²) in [5, 5.41) is 21.3. The number of carbonyl (C=O) groups is 1. The van der Waals surface area contributed by atoms with E-state index in [2.05, 4.69) is 5.32 Å². The molecule has 0 radical (unpaired) electrons. The first-order chi connectivity index (χ1) is 7.90. The summed E-state index contributed by atoms with van der Waals surface area (Å²) in [6, 6.07) is 4.46. The van der Waals surface area contributed by atoms with Crippen molar-refractivity contribution >= 4 is 35.8 Å². The molecule has 1 rings (SSSR count). The van der Waals surface area contributed by atoms with E-state index in [9.17, 15) is 4.79 Å². The highest BCUT2D eigenvalue weighted by molar-refractivity contribution is 6.61. The van der Waals surface area contributed by atoms with Gasteiger partial charge in [-0.2, -0.15) is 0 Å². The van der Waals surface area contributed by atoms with Crippen LogP contribution in [0.2, 0.25) is 5.02 Å². The summed E-state index contributed by atoms with van der Waals surface area (Å²) >= 11 is 5.79. The fourth-order valence-corrected chi connectivity index (χ4v) is 1.51. The predicted molar refractivity (Wildman–Crippen MR) is 68.5 cm³/mol. The molecule has 1 aromatic rings. The van der Waals surface area contributed by atoms with Crippen LogP contribution >= 0.6 is 11.6 Å². The predicted octanol–water partition coefficient (Wildman–Crippen LogP) is -0.480. The van der Waals surface area contributed by atoms with E-state index in [1.165, 1.54) is 18.2 Å².